The van der Waals surface area contributed by atoms with Crippen LogP contribution in [0.15, 0.2) is 53.3 Å². The summed E-state index contributed by atoms with van der Waals surface area (Å²) in [6.07, 6.45) is 5.45. The number of anilines is 1. The lowest BCUT2D eigenvalue weighted by Crippen LogP contribution is -2.28. The van der Waals surface area contributed by atoms with E-state index in [1.54, 1.807) is 17.7 Å². The van der Waals surface area contributed by atoms with Crippen LogP contribution in [-0.2, 0) is 4.74 Å². The number of rotatable bonds is 5. The number of pyridine rings is 1. The van der Waals surface area contributed by atoms with Crippen molar-refractivity contribution in [3.05, 3.63) is 65.9 Å². The Morgan fingerprint density at radius 3 is 2.97 bits per heavy atom. The van der Waals surface area contributed by atoms with Gasteiger partial charge in [0.25, 0.3) is 5.91 Å². The minimum atomic E-state index is -0.233. The Kier molecular flexibility index (Phi) is 4.55. The van der Waals surface area contributed by atoms with Gasteiger partial charge in [-0.1, -0.05) is 23.4 Å². The van der Waals surface area contributed by atoms with Gasteiger partial charge in [-0.3, -0.25) is 9.20 Å². The van der Waals surface area contributed by atoms with Gasteiger partial charge in [-0.2, -0.15) is 4.98 Å². The molecule has 0 aliphatic heterocycles. The highest BCUT2D eigenvalue weighted by Crippen LogP contribution is 2.38. The summed E-state index contributed by atoms with van der Waals surface area (Å²) in [6, 6.07) is 11.3. The van der Waals surface area contributed by atoms with E-state index in [1.807, 2.05) is 49.5 Å². The second kappa shape index (κ2) is 7.38. The second-order valence-corrected chi connectivity index (χ2v) is 7.54. The molecular weight excluding hydrogens is 382 g/mol. The van der Waals surface area contributed by atoms with Crippen molar-refractivity contribution in [1.29, 1.82) is 0 Å². The summed E-state index contributed by atoms with van der Waals surface area (Å²) >= 11 is 0. The van der Waals surface area contributed by atoms with Crippen LogP contribution >= 0.6 is 0 Å². The first-order valence-corrected chi connectivity index (χ1v) is 9.83. The predicted octanol–water partition coefficient (Wildman–Crippen LogP) is 3.84. The summed E-state index contributed by atoms with van der Waals surface area (Å²) < 4.78 is 12.5. The van der Waals surface area contributed by atoms with Gasteiger partial charge in [-0.25, -0.2) is 4.98 Å². The molecule has 0 saturated heterocycles. The third-order valence-corrected chi connectivity index (χ3v) is 5.61. The number of aromatic nitrogens is 4. The average Bonchev–Trinajstić information content (AvgIpc) is 3.36. The summed E-state index contributed by atoms with van der Waals surface area (Å²) in [5.74, 6) is 1.16. The lowest BCUT2D eigenvalue weighted by Gasteiger charge is -2.31. The van der Waals surface area contributed by atoms with Crippen LogP contribution in [0.5, 0.6) is 0 Å². The zero-order valence-electron chi connectivity index (χ0n) is 16.7. The Morgan fingerprint density at radius 1 is 1.27 bits per heavy atom. The monoisotopic (exact) mass is 403 g/mol. The molecule has 30 heavy (non-hydrogen) atoms. The fourth-order valence-corrected chi connectivity index (χ4v) is 3.66. The average molecular weight is 403 g/mol. The molecule has 3 aromatic heterocycles. The minimum absolute atomic E-state index is 0.233. The number of amides is 1. The van der Waals surface area contributed by atoms with E-state index < -0.39 is 0 Å². The van der Waals surface area contributed by atoms with Crippen molar-refractivity contribution in [3.63, 3.8) is 0 Å². The molecule has 5 rings (SSSR count). The van der Waals surface area contributed by atoms with Crippen LogP contribution in [0.2, 0.25) is 0 Å². The smallest absolute Gasteiger partial charge is 0.274 e. The van der Waals surface area contributed by atoms with E-state index in [0.717, 1.165) is 29.6 Å². The van der Waals surface area contributed by atoms with Gasteiger partial charge < -0.3 is 14.6 Å². The van der Waals surface area contributed by atoms with Crippen LogP contribution in [0.1, 0.15) is 40.7 Å². The summed E-state index contributed by atoms with van der Waals surface area (Å²) in [4.78, 5) is 21.7. The van der Waals surface area contributed by atoms with Crippen LogP contribution in [0.4, 0.5) is 5.69 Å². The van der Waals surface area contributed by atoms with Crippen molar-refractivity contribution >= 4 is 17.2 Å². The first-order chi connectivity index (χ1) is 14.6. The lowest BCUT2D eigenvalue weighted by molar-refractivity contribution is 0.0176. The molecule has 8 nitrogen and oxygen atoms in total. The molecule has 0 radical (unpaired) electrons. The van der Waals surface area contributed by atoms with Crippen LogP contribution in [0.25, 0.3) is 17.0 Å². The third kappa shape index (κ3) is 3.25. The molecule has 1 fully saturated rings. The Hall–Kier alpha value is -3.52. The molecule has 3 heterocycles. The minimum Gasteiger partial charge on any atom is -0.381 e. The van der Waals surface area contributed by atoms with E-state index >= 15 is 0 Å². The Morgan fingerprint density at radius 2 is 2.13 bits per heavy atom. The van der Waals surface area contributed by atoms with Crippen molar-refractivity contribution in [2.75, 3.05) is 12.4 Å². The predicted molar refractivity (Wildman–Crippen MR) is 110 cm³/mol. The molecule has 1 aliphatic rings. The van der Waals surface area contributed by atoms with E-state index in [4.69, 9.17) is 9.26 Å². The van der Waals surface area contributed by atoms with Crippen LogP contribution in [0, 0.1) is 6.92 Å². The van der Waals surface area contributed by atoms with Crippen LogP contribution < -0.4 is 5.32 Å². The molecule has 1 N–H and O–H groups in total. The highest BCUT2D eigenvalue weighted by Gasteiger charge is 2.34. The number of aryl methyl sites for hydroxylation is 1. The molecule has 1 aromatic carbocycles. The van der Waals surface area contributed by atoms with Gasteiger partial charge >= 0.3 is 0 Å². The van der Waals surface area contributed by atoms with Gasteiger partial charge in [-0.05, 0) is 43.5 Å². The maximum atomic E-state index is 12.9. The largest absolute Gasteiger partial charge is 0.381 e. The fourth-order valence-electron chi connectivity index (χ4n) is 3.66. The Bertz CT molecular complexity index is 1220. The second-order valence-electron chi connectivity index (χ2n) is 7.54. The normalized spacial score (nSPS) is 18.3. The van der Waals surface area contributed by atoms with E-state index in [2.05, 4.69) is 20.4 Å². The number of carbonyl (C=O) groups is 1. The van der Waals surface area contributed by atoms with Gasteiger partial charge in [0, 0.05) is 30.5 Å². The van der Waals surface area contributed by atoms with E-state index in [0.29, 0.717) is 23.1 Å². The maximum Gasteiger partial charge on any atom is 0.274 e. The van der Waals surface area contributed by atoms with Gasteiger partial charge in [0.05, 0.1) is 12.3 Å². The molecule has 4 aromatic rings. The van der Waals surface area contributed by atoms with Crippen molar-refractivity contribution in [2.24, 2.45) is 0 Å². The lowest BCUT2D eigenvalue weighted by atomic mass is 9.82. The molecule has 1 saturated carbocycles. The highest BCUT2D eigenvalue weighted by atomic mass is 16.5. The first kappa shape index (κ1) is 18.5. The summed E-state index contributed by atoms with van der Waals surface area (Å²) in [5.41, 5.74) is 3.60. The maximum absolute atomic E-state index is 12.9. The SMILES string of the molecule is COC1CC(c2nc(-c3ccc(C)c(NC(=O)c4cnc5ccccn45)c3)no2)C1. The van der Waals surface area contributed by atoms with Gasteiger partial charge in [-0.15, -0.1) is 0 Å². The molecule has 0 spiro atoms. The number of nitrogens with one attached hydrogen (secondary N) is 1. The van der Waals surface area contributed by atoms with Crippen molar-refractivity contribution in [3.8, 4) is 11.4 Å². The number of methoxy groups -OCH3 is 1. The van der Waals surface area contributed by atoms with E-state index in [9.17, 15) is 4.79 Å². The summed E-state index contributed by atoms with van der Waals surface area (Å²) in [7, 11) is 1.72. The van der Waals surface area contributed by atoms with Crippen LogP contribution in [0.3, 0.4) is 0 Å². The topological polar surface area (TPSA) is 94.5 Å². The molecule has 8 heteroatoms. The Balaban J connectivity index is 1.38. The molecule has 0 atom stereocenters. The van der Waals surface area contributed by atoms with Gasteiger partial charge in [0.2, 0.25) is 11.7 Å². The molecule has 0 bridgehead atoms. The van der Waals surface area contributed by atoms with E-state index in [-0.39, 0.29) is 17.9 Å². The number of hydrogen-bond donors (Lipinski definition) is 1. The van der Waals surface area contributed by atoms with Crippen molar-refractivity contribution < 1.29 is 14.1 Å². The number of benzene rings is 1. The number of carbonyl (C=O) groups excluding carboxylic acids is 1. The van der Waals surface area contributed by atoms with E-state index in [1.165, 1.54) is 0 Å². The molecule has 1 amide bonds. The number of nitrogens with zero attached hydrogens (tertiary/aromatic N) is 4. The number of hydrogen-bond acceptors (Lipinski definition) is 6. The Labute approximate surface area is 172 Å². The van der Waals surface area contributed by atoms with Gasteiger partial charge in [0.1, 0.15) is 11.3 Å². The zero-order valence-corrected chi connectivity index (χ0v) is 16.7. The molecular formula is C22H21N5O3. The van der Waals surface area contributed by atoms with Crippen molar-refractivity contribution in [2.45, 2.75) is 31.8 Å². The zero-order chi connectivity index (χ0) is 20.7. The quantitative estimate of drug-likeness (QED) is 0.544. The summed E-state index contributed by atoms with van der Waals surface area (Å²) in [5, 5.41) is 7.10. The fraction of sp³-hybridized carbons (Fsp3) is 0.273. The standard InChI is InChI=1S/C22H21N5O3/c1-13-6-7-14(20-25-22(30-26-20)15-9-16(10-15)29-2)11-17(13)24-21(28)18-12-23-19-5-3-4-8-27(18)19/h3-8,11-12,15-16H,9-10H2,1-2H3,(H,24,28). The summed E-state index contributed by atoms with van der Waals surface area (Å²) in [6.45, 7) is 1.94. The van der Waals surface area contributed by atoms with Gasteiger partial charge in [0.15, 0.2) is 0 Å². The number of imidazole rings is 1. The third-order valence-electron chi connectivity index (χ3n) is 5.61. The van der Waals surface area contributed by atoms with Crippen LogP contribution in [-0.4, -0.2) is 38.6 Å². The first-order valence-electron chi connectivity index (χ1n) is 9.83. The number of ether oxygens (including phenoxy) is 1. The molecule has 1 aliphatic carbocycles. The molecule has 152 valence electrons. The highest BCUT2D eigenvalue weighted by molar-refractivity contribution is 6.04. The molecule has 0 unspecified atom stereocenters. The van der Waals surface area contributed by atoms with Crippen molar-refractivity contribution in [1.82, 2.24) is 19.5 Å². The number of fused-ring (bicyclic) bond motifs is 1.